The molecule has 0 aromatic carbocycles. The Hall–Kier alpha value is -2.29. The first-order valence-corrected chi connectivity index (χ1v) is 5.52. The lowest BCUT2D eigenvalue weighted by Crippen LogP contribution is -2.31. The predicted molar refractivity (Wildman–Crippen MR) is 61.2 cm³/mol. The Morgan fingerprint density at radius 1 is 1.44 bits per heavy atom. The minimum Gasteiger partial charge on any atom is -0.481 e. The molecule has 1 heterocycles. The molecular formula is C12H14N2O4. The second-order valence-electron chi connectivity index (χ2n) is 3.70. The van der Waals surface area contributed by atoms with E-state index in [1.165, 1.54) is 11.2 Å². The third kappa shape index (κ3) is 4.70. The van der Waals surface area contributed by atoms with E-state index in [1.807, 2.05) is 6.07 Å². The number of rotatable bonds is 7. The van der Waals surface area contributed by atoms with Gasteiger partial charge in [0.15, 0.2) is 0 Å². The van der Waals surface area contributed by atoms with Gasteiger partial charge in [0.1, 0.15) is 5.76 Å². The maximum absolute atomic E-state index is 11.8. The van der Waals surface area contributed by atoms with Crippen LogP contribution in [0.15, 0.2) is 22.8 Å². The molecule has 0 atom stereocenters. The van der Waals surface area contributed by atoms with Crippen LogP contribution in [0.25, 0.3) is 0 Å². The number of carboxylic acid groups (broad SMARTS) is 1. The lowest BCUT2D eigenvalue weighted by atomic mass is 10.2. The molecule has 6 heteroatoms. The zero-order chi connectivity index (χ0) is 13.4. The standard InChI is InChI=1S/C12H14N2O4/c13-6-2-7-14(9-10-3-1-8-18-10)11(15)4-5-12(16)17/h1,3,8H,2,4-5,7,9H2,(H,16,17). The average Bonchev–Trinajstić information content (AvgIpc) is 2.84. The fourth-order valence-electron chi connectivity index (χ4n) is 1.44. The van der Waals surface area contributed by atoms with Gasteiger partial charge in [-0.25, -0.2) is 0 Å². The largest absolute Gasteiger partial charge is 0.481 e. The highest BCUT2D eigenvalue weighted by atomic mass is 16.4. The van der Waals surface area contributed by atoms with Crippen LogP contribution in [0.4, 0.5) is 0 Å². The van der Waals surface area contributed by atoms with E-state index in [2.05, 4.69) is 0 Å². The van der Waals surface area contributed by atoms with Crippen molar-refractivity contribution in [1.82, 2.24) is 4.90 Å². The summed E-state index contributed by atoms with van der Waals surface area (Å²) in [5.74, 6) is -0.692. The number of nitrogens with zero attached hydrogens (tertiary/aromatic N) is 2. The van der Waals surface area contributed by atoms with Crippen LogP contribution in [0.5, 0.6) is 0 Å². The molecule has 0 saturated carbocycles. The van der Waals surface area contributed by atoms with Crippen LogP contribution in [0.1, 0.15) is 25.0 Å². The van der Waals surface area contributed by atoms with Crippen LogP contribution >= 0.6 is 0 Å². The van der Waals surface area contributed by atoms with Crippen LogP contribution in [-0.2, 0) is 16.1 Å². The van der Waals surface area contributed by atoms with Gasteiger partial charge in [-0.1, -0.05) is 0 Å². The molecule has 18 heavy (non-hydrogen) atoms. The first-order chi connectivity index (χ1) is 8.63. The van der Waals surface area contributed by atoms with Gasteiger partial charge in [-0.05, 0) is 12.1 Å². The van der Waals surface area contributed by atoms with E-state index in [4.69, 9.17) is 14.8 Å². The second kappa shape index (κ2) is 7.12. The van der Waals surface area contributed by atoms with E-state index in [0.29, 0.717) is 5.76 Å². The van der Waals surface area contributed by atoms with E-state index >= 15 is 0 Å². The van der Waals surface area contributed by atoms with E-state index < -0.39 is 5.97 Å². The molecule has 0 aliphatic heterocycles. The van der Waals surface area contributed by atoms with Crippen molar-refractivity contribution in [1.29, 1.82) is 5.26 Å². The number of nitriles is 1. The van der Waals surface area contributed by atoms with Gasteiger partial charge < -0.3 is 14.4 Å². The summed E-state index contributed by atoms with van der Waals surface area (Å²) < 4.78 is 5.13. The van der Waals surface area contributed by atoms with E-state index in [9.17, 15) is 9.59 Å². The Bertz CT molecular complexity index is 433. The highest BCUT2D eigenvalue weighted by molar-refractivity contribution is 5.80. The molecule has 0 spiro atoms. The molecule has 0 aliphatic rings. The number of amides is 1. The summed E-state index contributed by atoms with van der Waals surface area (Å²) in [6.45, 7) is 0.531. The Balaban J connectivity index is 2.56. The number of carbonyl (C=O) groups excluding carboxylic acids is 1. The van der Waals surface area contributed by atoms with Gasteiger partial charge in [-0.15, -0.1) is 0 Å². The highest BCUT2D eigenvalue weighted by Gasteiger charge is 2.16. The van der Waals surface area contributed by atoms with E-state index in [-0.39, 0.29) is 38.3 Å². The minimum absolute atomic E-state index is 0.0680. The molecule has 6 nitrogen and oxygen atoms in total. The molecule has 1 N–H and O–H groups in total. The number of carboxylic acids is 1. The number of hydrogen-bond acceptors (Lipinski definition) is 4. The summed E-state index contributed by atoms with van der Waals surface area (Å²) in [7, 11) is 0. The minimum atomic E-state index is -1.01. The quantitative estimate of drug-likeness (QED) is 0.788. The summed E-state index contributed by atoms with van der Waals surface area (Å²) >= 11 is 0. The van der Waals surface area contributed by atoms with Crippen molar-refractivity contribution in [2.24, 2.45) is 0 Å². The van der Waals surface area contributed by atoms with Gasteiger partial charge in [0.25, 0.3) is 0 Å². The Kier molecular flexibility index (Phi) is 5.45. The van der Waals surface area contributed by atoms with Crippen molar-refractivity contribution in [3.05, 3.63) is 24.2 Å². The summed E-state index contributed by atoms with van der Waals surface area (Å²) in [6, 6.07) is 5.39. The van der Waals surface area contributed by atoms with Crippen molar-refractivity contribution < 1.29 is 19.1 Å². The van der Waals surface area contributed by atoms with Crippen LogP contribution in [-0.4, -0.2) is 28.4 Å². The molecule has 96 valence electrons. The molecule has 0 bridgehead atoms. The molecule has 1 aromatic heterocycles. The molecule has 1 aromatic rings. The van der Waals surface area contributed by atoms with Gasteiger partial charge in [-0.2, -0.15) is 5.26 Å². The number of aliphatic carboxylic acids is 1. The lowest BCUT2D eigenvalue weighted by molar-refractivity contribution is -0.141. The third-order valence-corrected chi connectivity index (χ3v) is 2.33. The number of hydrogen-bond donors (Lipinski definition) is 1. The highest BCUT2D eigenvalue weighted by Crippen LogP contribution is 2.08. The van der Waals surface area contributed by atoms with Crippen molar-refractivity contribution in [2.45, 2.75) is 25.8 Å². The average molecular weight is 250 g/mol. The fraction of sp³-hybridized carbons (Fsp3) is 0.417. The van der Waals surface area contributed by atoms with Crippen molar-refractivity contribution in [3.8, 4) is 6.07 Å². The predicted octanol–water partition coefficient (Wildman–Crippen LogP) is 1.39. The maximum atomic E-state index is 11.8. The fourth-order valence-corrected chi connectivity index (χ4v) is 1.44. The first kappa shape index (κ1) is 13.8. The summed E-state index contributed by atoms with van der Waals surface area (Å²) in [6.07, 6.45) is 1.43. The van der Waals surface area contributed by atoms with Crippen molar-refractivity contribution in [3.63, 3.8) is 0 Å². The van der Waals surface area contributed by atoms with Gasteiger partial charge in [0, 0.05) is 13.0 Å². The second-order valence-corrected chi connectivity index (χ2v) is 3.70. The maximum Gasteiger partial charge on any atom is 0.303 e. The van der Waals surface area contributed by atoms with E-state index in [1.54, 1.807) is 12.1 Å². The van der Waals surface area contributed by atoms with Crippen LogP contribution in [0.2, 0.25) is 0 Å². The molecular weight excluding hydrogens is 236 g/mol. The lowest BCUT2D eigenvalue weighted by Gasteiger charge is -2.20. The number of carbonyl (C=O) groups is 2. The van der Waals surface area contributed by atoms with Crippen LogP contribution < -0.4 is 0 Å². The molecule has 1 amide bonds. The molecule has 0 radical (unpaired) electrons. The zero-order valence-corrected chi connectivity index (χ0v) is 9.83. The Morgan fingerprint density at radius 3 is 2.78 bits per heavy atom. The topological polar surface area (TPSA) is 94.5 Å². The van der Waals surface area contributed by atoms with Gasteiger partial charge in [0.05, 0.1) is 31.7 Å². The van der Waals surface area contributed by atoms with E-state index in [0.717, 1.165) is 0 Å². The molecule has 0 aliphatic carbocycles. The molecule has 1 rings (SSSR count). The van der Waals surface area contributed by atoms with Crippen molar-refractivity contribution in [2.75, 3.05) is 6.54 Å². The van der Waals surface area contributed by atoms with Crippen LogP contribution in [0.3, 0.4) is 0 Å². The number of furan rings is 1. The third-order valence-electron chi connectivity index (χ3n) is 2.33. The zero-order valence-electron chi connectivity index (χ0n) is 9.83. The van der Waals surface area contributed by atoms with Gasteiger partial charge in [0.2, 0.25) is 5.91 Å². The molecule has 0 unspecified atom stereocenters. The summed E-state index contributed by atoms with van der Waals surface area (Å²) in [5.41, 5.74) is 0. The Labute approximate surface area is 104 Å². The molecule has 0 fully saturated rings. The van der Waals surface area contributed by atoms with Crippen molar-refractivity contribution >= 4 is 11.9 Å². The molecule has 0 saturated heterocycles. The van der Waals surface area contributed by atoms with Gasteiger partial charge >= 0.3 is 5.97 Å². The smallest absolute Gasteiger partial charge is 0.303 e. The normalized spacial score (nSPS) is 9.72. The van der Waals surface area contributed by atoms with Gasteiger partial charge in [-0.3, -0.25) is 9.59 Å². The SMILES string of the molecule is N#CCCN(Cc1ccco1)C(=O)CCC(=O)O. The first-order valence-electron chi connectivity index (χ1n) is 5.52. The summed E-state index contributed by atoms with van der Waals surface area (Å²) in [5, 5.41) is 17.1. The Morgan fingerprint density at radius 2 is 2.22 bits per heavy atom. The summed E-state index contributed by atoms with van der Waals surface area (Å²) in [4.78, 5) is 23.6. The monoisotopic (exact) mass is 250 g/mol. The van der Waals surface area contributed by atoms with Crippen LogP contribution in [0, 0.1) is 11.3 Å².